The zero-order valence-electron chi connectivity index (χ0n) is 21.0. The molecular formula is C27H37N3O4S. The van der Waals surface area contributed by atoms with Crippen molar-refractivity contribution in [3.05, 3.63) is 12.1 Å². The van der Waals surface area contributed by atoms with E-state index in [9.17, 15) is 4.79 Å². The summed E-state index contributed by atoms with van der Waals surface area (Å²) in [5.41, 5.74) is 0.586. The van der Waals surface area contributed by atoms with Gasteiger partial charge in [-0.15, -0.1) is 0 Å². The first-order valence-electron chi connectivity index (χ1n) is 13.2. The first-order chi connectivity index (χ1) is 17.1. The molecule has 4 aliphatic carbocycles. The number of morpholine rings is 1. The SMILES string of the molecule is COc1ccc(OC)c2sc(N(CCCN3CCOCC3)C(=O)C34CC5CC(CC(C5)C3)C4)nc12. The van der Waals surface area contributed by atoms with Crippen LogP contribution in [0.25, 0.3) is 10.2 Å². The standard InChI is InChI=1S/C27H37N3O4S/c1-32-21-4-5-22(33-2)24-23(21)28-26(35-24)30(7-3-6-29-8-10-34-11-9-29)25(31)27-15-18-12-19(16-27)14-20(13-18)17-27/h4-5,18-20H,3,6-17H2,1-2H3. The zero-order valence-corrected chi connectivity index (χ0v) is 21.8. The summed E-state index contributed by atoms with van der Waals surface area (Å²) < 4.78 is 17.7. The van der Waals surface area contributed by atoms with Crippen LogP contribution in [0.4, 0.5) is 5.13 Å². The number of fused-ring (bicyclic) bond motifs is 1. The molecule has 0 unspecified atom stereocenters. The van der Waals surface area contributed by atoms with Crippen LogP contribution in [0.1, 0.15) is 44.9 Å². The second kappa shape index (κ2) is 9.52. The topological polar surface area (TPSA) is 64.1 Å². The quantitative estimate of drug-likeness (QED) is 0.530. The first-order valence-corrected chi connectivity index (χ1v) is 14.0. The molecule has 1 saturated heterocycles. The molecule has 190 valence electrons. The van der Waals surface area contributed by atoms with Gasteiger partial charge >= 0.3 is 0 Å². The number of anilines is 1. The van der Waals surface area contributed by atoms with Crippen LogP contribution in [0.3, 0.4) is 0 Å². The van der Waals surface area contributed by atoms with Crippen LogP contribution in [0.15, 0.2) is 12.1 Å². The lowest BCUT2D eigenvalue weighted by atomic mass is 9.49. The molecule has 4 saturated carbocycles. The second-order valence-electron chi connectivity index (χ2n) is 11.1. The third-order valence-electron chi connectivity index (χ3n) is 8.83. The molecule has 2 aromatic rings. The molecular weight excluding hydrogens is 462 g/mol. The minimum Gasteiger partial charge on any atom is -0.495 e. The van der Waals surface area contributed by atoms with E-state index in [1.54, 1.807) is 25.6 Å². The van der Waals surface area contributed by atoms with Crippen molar-refractivity contribution in [2.75, 3.05) is 58.5 Å². The van der Waals surface area contributed by atoms with E-state index >= 15 is 0 Å². The van der Waals surface area contributed by atoms with E-state index in [4.69, 9.17) is 19.2 Å². The second-order valence-corrected chi connectivity index (χ2v) is 12.1. The maximum Gasteiger partial charge on any atom is 0.235 e. The van der Waals surface area contributed by atoms with E-state index in [0.717, 1.165) is 103 Å². The minimum absolute atomic E-state index is 0.195. The van der Waals surface area contributed by atoms with E-state index in [-0.39, 0.29) is 5.41 Å². The molecule has 1 aliphatic heterocycles. The molecule has 4 bridgehead atoms. The molecule has 5 fully saturated rings. The van der Waals surface area contributed by atoms with E-state index in [0.29, 0.717) is 12.5 Å². The number of thiazole rings is 1. The number of benzene rings is 1. The Morgan fingerprint density at radius 1 is 1.09 bits per heavy atom. The van der Waals surface area contributed by atoms with Gasteiger partial charge in [-0.2, -0.15) is 0 Å². The molecule has 1 aromatic heterocycles. The highest BCUT2D eigenvalue weighted by atomic mass is 32.1. The first kappa shape index (κ1) is 23.5. The smallest absolute Gasteiger partial charge is 0.235 e. The molecule has 8 heteroatoms. The summed E-state index contributed by atoms with van der Waals surface area (Å²) in [5, 5.41) is 0.783. The lowest BCUT2D eigenvalue weighted by Crippen LogP contribution is -2.55. The lowest BCUT2D eigenvalue weighted by molar-refractivity contribution is -0.143. The third-order valence-corrected chi connectivity index (χ3v) is 9.92. The van der Waals surface area contributed by atoms with Gasteiger partial charge in [0.15, 0.2) is 5.13 Å². The normalized spacial score (nSPS) is 30.1. The number of carbonyl (C=O) groups is 1. The van der Waals surface area contributed by atoms with Crippen LogP contribution in [0, 0.1) is 23.2 Å². The summed E-state index contributed by atoms with van der Waals surface area (Å²) in [5.74, 6) is 4.01. The Morgan fingerprint density at radius 2 is 1.71 bits per heavy atom. The van der Waals surface area contributed by atoms with Crippen LogP contribution < -0.4 is 14.4 Å². The molecule has 0 spiro atoms. The van der Waals surface area contributed by atoms with Gasteiger partial charge in [0.2, 0.25) is 5.91 Å². The summed E-state index contributed by atoms with van der Waals surface area (Å²) in [7, 11) is 3.35. The van der Waals surface area contributed by atoms with Crippen molar-refractivity contribution in [3.8, 4) is 11.5 Å². The highest BCUT2D eigenvalue weighted by molar-refractivity contribution is 7.22. The predicted octanol–water partition coefficient (Wildman–Crippen LogP) is 4.59. The minimum atomic E-state index is -0.195. The average Bonchev–Trinajstić information content (AvgIpc) is 3.31. The Balaban J connectivity index is 1.32. The number of amides is 1. The predicted molar refractivity (Wildman–Crippen MR) is 138 cm³/mol. The Hall–Kier alpha value is -1.90. The summed E-state index contributed by atoms with van der Waals surface area (Å²) in [6.07, 6.45) is 8.12. The maximum absolute atomic E-state index is 14.5. The van der Waals surface area contributed by atoms with Crippen molar-refractivity contribution in [2.24, 2.45) is 23.2 Å². The van der Waals surface area contributed by atoms with Crippen LogP contribution in [-0.2, 0) is 9.53 Å². The van der Waals surface area contributed by atoms with Crippen molar-refractivity contribution in [3.63, 3.8) is 0 Å². The number of carbonyl (C=O) groups excluding carboxylic acids is 1. The molecule has 2 heterocycles. The molecule has 1 amide bonds. The Morgan fingerprint density at radius 3 is 2.34 bits per heavy atom. The van der Waals surface area contributed by atoms with Gasteiger partial charge in [0, 0.05) is 26.2 Å². The van der Waals surface area contributed by atoms with Crippen LogP contribution in [-0.4, -0.2) is 69.4 Å². The van der Waals surface area contributed by atoms with E-state index in [1.165, 1.54) is 19.3 Å². The molecule has 0 atom stereocenters. The van der Waals surface area contributed by atoms with Gasteiger partial charge in [0.05, 0.1) is 32.8 Å². The molecule has 7 rings (SSSR count). The van der Waals surface area contributed by atoms with E-state index in [1.807, 2.05) is 17.0 Å². The maximum atomic E-state index is 14.5. The van der Waals surface area contributed by atoms with Crippen molar-refractivity contribution >= 4 is 32.6 Å². The molecule has 7 nitrogen and oxygen atoms in total. The largest absolute Gasteiger partial charge is 0.495 e. The number of ether oxygens (including phenoxy) is 3. The fourth-order valence-electron chi connectivity index (χ4n) is 7.61. The van der Waals surface area contributed by atoms with Gasteiger partial charge < -0.3 is 14.2 Å². The summed E-state index contributed by atoms with van der Waals surface area (Å²) in [6, 6.07) is 3.82. The number of aromatic nitrogens is 1. The number of methoxy groups -OCH3 is 2. The van der Waals surface area contributed by atoms with Crippen LogP contribution in [0.5, 0.6) is 11.5 Å². The van der Waals surface area contributed by atoms with Gasteiger partial charge in [0.25, 0.3) is 0 Å². The third kappa shape index (κ3) is 4.31. The van der Waals surface area contributed by atoms with Gasteiger partial charge in [-0.1, -0.05) is 11.3 Å². The highest BCUT2D eigenvalue weighted by Crippen LogP contribution is 2.61. The highest BCUT2D eigenvalue weighted by Gasteiger charge is 2.56. The Kier molecular flexibility index (Phi) is 6.39. The monoisotopic (exact) mass is 499 g/mol. The molecule has 1 aromatic carbocycles. The molecule has 0 radical (unpaired) electrons. The Bertz CT molecular complexity index is 1000. The summed E-state index contributed by atoms with van der Waals surface area (Å²) in [6.45, 7) is 5.21. The van der Waals surface area contributed by atoms with Crippen LogP contribution in [0.2, 0.25) is 0 Å². The van der Waals surface area contributed by atoms with E-state index in [2.05, 4.69) is 4.90 Å². The molecule has 0 N–H and O–H groups in total. The Labute approximate surface area is 211 Å². The van der Waals surface area contributed by atoms with Crippen molar-refractivity contribution in [2.45, 2.75) is 44.9 Å². The van der Waals surface area contributed by atoms with Crippen molar-refractivity contribution in [1.82, 2.24) is 9.88 Å². The van der Waals surface area contributed by atoms with E-state index < -0.39 is 0 Å². The van der Waals surface area contributed by atoms with Gasteiger partial charge in [-0.05, 0) is 74.8 Å². The zero-order chi connectivity index (χ0) is 24.0. The van der Waals surface area contributed by atoms with Crippen molar-refractivity contribution in [1.29, 1.82) is 0 Å². The number of nitrogens with zero attached hydrogens (tertiary/aromatic N) is 3. The summed E-state index contributed by atoms with van der Waals surface area (Å²) >= 11 is 1.56. The molecule has 5 aliphatic rings. The van der Waals surface area contributed by atoms with Gasteiger partial charge in [-0.25, -0.2) is 4.98 Å². The molecule has 35 heavy (non-hydrogen) atoms. The van der Waals surface area contributed by atoms with Gasteiger partial charge in [0.1, 0.15) is 21.7 Å². The summed E-state index contributed by atoms with van der Waals surface area (Å²) in [4.78, 5) is 23.9. The number of hydrogen-bond acceptors (Lipinski definition) is 7. The van der Waals surface area contributed by atoms with Crippen LogP contribution >= 0.6 is 11.3 Å². The fraction of sp³-hybridized carbons (Fsp3) is 0.704. The van der Waals surface area contributed by atoms with Crippen molar-refractivity contribution < 1.29 is 19.0 Å². The number of hydrogen-bond donors (Lipinski definition) is 0. The fourth-order valence-corrected chi connectivity index (χ4v) is 8.71. The lowest BCUT2D eigenvalue weighted by Gasteiger charge is -2.56. The average molecular weight is 500 g/mol. The number of rotatable bonds is 8. The van der Waals surface area contributed by atoms with Gasteiger partial charge in [-0.3, -0.25) is 14.6 Å².